The average Bonchev–Trinajstić information content (AvgIpc) is 2.65. The Hall–Kier alpha value is -2.04. The lowest BCUT2D eigenvalue weighted by atomic mass is 9.97. The molecule has 112 valence electrons. The second-order valence-electron chi connectivity index (χ2n) is 6.06. The Balaban J connectivity index is 1.90. The van der Waals surface area contributed by atoms with Crippen LogP contribution in [0.2, 0.25) is 0 Å². The smallest absolute Gasteiger partial charge is 0.260 e. The van der Waals surface area contributed by atoms with Crippen LogP contribution in [-0.2, 0) is 0 Å². The van der Waals surface area contributed by atoms with Gasteiger partial charge in [0.25, 0.3) is 5.56 Å². The lowest BCUT2D eigenvalue weighted by molar-refractivity contribution is 0.454. The zero-order valence-corrected chi connectivity index (χ0v) is 12.4. The number of nitrogens with one attached hydrogen (secondary N) is 2. The van der Waals surface area contributed by atoms with Crippen molar-refractivity contribution in [2.45, 2.75) is 45.1 Å². The van der Waals surface area contributed by atoms with Crippen molar-refractivity contribution in [1.82, 2.24) is 9.97 Å². The Bertz CT molecular complexity index is 694. The van der Waals surface area contributed by atoms with Crippen LogP contribution in [0, 0.1) is 5.92 Å². The summed E-state index contributed by atoms with van der Waals surface area (Å²) < 4.78 is 0. The van der Waals surface area contributed by atoms with Crippen molar-refractivity contribution >= 4 is 22.5 Å². The van der Waals surface area contributed by atoms with Crippen molar-refractivity contribution in [2.75, 3.05) is 11.1 Å². The maximum Gasteiger partial charge on any atom is 0.260 e. The first-order valence-electron chi connectivity index (χ1n) is 7.69. The minimum atomic E-state index is -0.143. The van der Waals surface area contributed by atoms with Gasteiger partial charge in [-0.25, -0.2) is 4.98 Å². The monoisotopic (exact) mass is 286 g/mol. The van der Waals surface area contributed by atoms with Crippen LogP contribution in [0.1, 0.15) is 39.0 Å². The van der Waals surface area contributed by atoms with E-state index in [1.165, 1.54) is 25.7 Å². The lowest BCUT2D eigenvalue weighted by Crippen LogP contribution is -2.28. The number of aromatic amines is 1. The Morgan fingerprint density at radius 1 is 1.29 bits per heavy atom. The molecule has 0 saturated heterocycles. The second kappa shape index (κ2) is 5.76. The largest absolute Gasteiger partial charge is 0.399 e. The average molecular weight is 286 g/mol. The normalized spacial score (nSPS) is 22.9. The number of rotatable bonds is 2. The minimum Gasteiger partial charge on any atom is -0.399 e. The van der Waals surface area contributed by atoms with Crippen LogP contribution in [-0.4, -0.2) is 16.0 Å². The number of nitrogen functional groups attached to an aromatic ring is 1. The van der Waals surface area contributed by atoms with E-state index in [-0.39, 0.29) is 5.56 Å². The third kappa shape index (κ3) is 3.01. The first kappa shape index (κ1) is 13.9. The summed E-state index contributed by atoms with van der Waals surface area (Å²) in [6.07, 6.45) is 6.18. The molecule has 1 heterocycles. The Morgan fingerprint density at radius 3 is 2.95 bits per heavy atom. The molecule has 1 aromatic heterocycles. The zero-order chi connectivity index (χ0) is 14.8. The molecule has 0 amide bonds. The summed E-state index contributed by atoms with van der Waals surface area (Å²) in [5.74, 6) is 1.16. The predicted molar refractivity (Wildman–Crippen MR) is 86.4 cm³/mol. The summed E-state index contributed by atoms with van der Waals surface area (Å²) in [5.41, 5.74) is 6.83. The summed E-state index contributed by atoms with van der Waals surface area (Å²) in [6.45, 7) is 2.27. The highest BCUT2D eigenvalue weighted by Gasteiger charge is 2.20. The van der Waals surface area contributed by atoms with Crippen molar-refractivity contribution in [3.8, 4) is 0 Å². The van der Waals surface area contributed by atoms with Crippen LogP contribution >= 0.6 is 0 Å². The maximum absolute atomic E-state index is 12.2. The molecule has 1 fully saturated rings. The topological polar surface area (TPSA) is 83.8 Å². The van der Waals surface area contributed by atoms with E-state index in [0.717, 1.165) is 6.42 Å². The number of hydrogen-bond acceptors (Lipinski definition) is 4. The van der Waals surface area contributed by atoms with Gasteiger partial charge < -0.3 is 11.1 Å². The Morgan fingerprint density at radius 2 is 2.10 bits per heavy atom. The summed E-state index contributed by atoms with van der Waals surface area (Å²) in [6, 6.07) is 5.61. The molecule has 2 unspecified atom stereocenters. The van der Waals surface area contributed by atoms with Gasteiger partial charge in [0.1, 0.15) is 0 Å². The molecule has 5 nitrogen and oxygen atoms in total. The Kier molecular flexibility index (Phi) is 3.82. The van der Waals surface area contributed by atoms with Crippen LogP contribution in [0.5, 0.6) is 0 Å². The SMILES string of the molecule is CC1CCCCCC1Nc1nc2ccc(N)cc2c(=O)[nH]1. The molecule has 1 aliphatic carbocycles. The van der Waals surface area contributed by atoms with E-state index < -0.39 is 0 Å². The van der Waals surface area contributed by atoms with Crippen molar-refractivity contribution in [3.63, 3.8) is 0 Å². The number of benzene rings is 1. The van der Waals surface area contributed by atoms with E-state index in [4.69, 9.17) is 5.73 Å². The molecule has 4 N–H and O–H groups in total. The van der Waals surface area contributed by atoms with E-state index in [9.17, 15) is 4.79 Å². The highest BCUT2D eigenvalue weighted by molar-refractivity contribution is 5.81. The molecule has 3 rings (SSSR count). The fourth-order valence-corrected chi connectivity index (χ4v) is 3.11. The summed E-state index contributed by atoms with van der Waals surface area (Å²) in [5, 5.41) is 3.96. The van der Waals surface area contributed by atoms with Gasteiger partial charge in [-0.05, 0) is 37.0 Å². The zero-order valence-electron chi connectivity index (χ0n) is 12.4. The summed E-state index contributed by atoms with van der Waals surface area (Å²) in [4.78, 5) is 19.5. The molecule has 1 aliphatic rings. The molecule has 2 atom stereocenters. The van der Waals surface area contributed by atoms with Crippen LogP contribution < -0.4 is 16.6 Å². The fraction of sp³-hybridized carbons (Fsp3) is 0.500. The van der Waals surface area contributed by atoms with Crippen LogP contribution in [0.25, 0.3) is 10.9 Å². The van der Waals surface area contributed by atoms with E-state index in [1.807, 2.05) is 0 Å². The third-order valence-electron chi connectivity index (χ3n) is 4.41. The standard InChI is InChI=1S/C16H22N4O/c1-10-5-3-2-4-6-13(10)18-16-19-14-8-7-11(17)9-12(14)15(21)20-16/h7-10,13H,2-6,17H2,1H3,(H2,18,19,20,21). The predicted octanol–water partition coefficient (Wildman–Crippen LogP) is 2.89. The van der Waals surface area contributed by atoms with Crippen molar-refractivity contribution < 1.29 is 0 Å². The van der Waals surface area contributed by atoms with Gasteiger partial charge in [-0.1, -0.05) is 26.2 Å². The lowest BCUT2D eigenvalue weighted by Gasteiger charge is -2.23. The molecule has 2 aromatic rings. The van der Waals surface area contributed by atoms with Gasteiger partial charge in [0.2, 0.25) is 5.95 Å². The first-order chi connectivity index (χ1) is 10.1. The molecule has 0 aliphatic heterocycles. The summed E-state index contributed by atoms with van der Waals surface area (Å²) in [7, 11) is 0. The molecule has 1 saturated carbocycles. The number of aromatic nitrogens is 2. The van der Waals surface area contributed by atoms with E-state index >= 15 is 0 Å². The van der Waals surface area contributed by atoms with Crippen LogP contribution in [0.3, 0.4) is 0 Å². The number of nitrogens with zero attached hydrogens (tertiary/aromatic N) is 1. The van der Waals surface area contributed by atoms with Crippen LogP contribution in [0.4, 0.5) is 11.6 Å². The van der Waals surface area contributed by atoms with Gasteiger partial charge in [-0.15, -0.1) is 0 Å². The van der Waals surface area contributed by atoms with Crippen LogP contribution in [0.15, 0.2) is 23.0 Å². The minimum absolute atomic E-state index is 0.143. The second-order valence-corrected chi connectivity index (χ2v) is 6.06. The number of fused-ring (bicyclic) bond motifs is 1. The van der Waals surface area contributed by atoms with Crippen molar-refractivity contribution in [3.05, 3.63) is 28.6 Å². The van der Waals surface area contributed by atoms with Gasteiger partial charge in [0.05, 0.1) is 10.9 Å². The highest BCUT2D eigenvalue weighted by Crippen LogP contribution is 2.25. The van der Waals surface area contributed by atoms with Gasteiger partial charge in [-0.2, -0.15) is 0 Å². The van der Waals surface area contributed by atoms with E-state index in [2.05, 4.69) is 22.2 Å². The Labute approximate surface area is 124 Å². The van der Waals surface area contributed by atoms with Gasteiger partial charge >= 0.3 is 0 Å². The molecular formula is C16H22N4O. The molecule has 1 aromatic carbocycles. The van der Waals surface area contributed by atoms with Gasteiger partial charge in [-0.3, -0.25) is 9.78 Å². The number of anilines is 2. The molecule has 0 radical (unpaired) electrons. The number of H-pyrrole nitrogens is 1. The van der Waals surface area contributed by atoms with E-state index in [0.29, 0.717) is 34.5 Å². The maximum atomic E-state index is 12.2. The van der Waals surface area contributed by atoms with Gasteiger partial charge in [0, 0.05) is 11.7 Å². The molecule has 0 spiro atoms. The van der Waals surface area contributed by atoms with Crippen molar-refractivity contribution in [2.24, 2.45) is 5.92 Å². The quantitative estimate of drug-likeness (QED) is 0.585. The molecule has 0 bridgehead atoms. The van der Waals surface area contributed by atoms with E-state index in [1.54, 1.807) is 18.2 Å². The molecular weight excluding hydrogens is 264 g/mol. The first-order valence-corrected chi connectivity index (χ1v) is 7.69. The fourth-order valence-electron chi connectivity index (χ4n) is 3.11. The number of hydrogen-bond donors (Lipinski definition) is 3. The summed E-state index contributed by atoms with van der Waals surface area (Å²) >= 11 is 0. The number of nitrogens with two attached hydrogens (primary N) is 1. The van der Waals surface area contributed by atoms with Gasteiger partial charge in [0.15, 0.2) is 0 Å². The van der Waals surface area contributed by atoms with Crippen molar-refractivity contribution in [1.29, 1.82) is 0 Å². The molecule has 5 heteroatoms. The highest BCUT2D eigenvalue weighted by atomic mass is 16.1. The molecule has 21 heavy (non-hydrogen) atoms. The third-order valence-corrected chi connectivity index (χ3v) is 4.41.